The van der Waals surface area contributed by atoms with Gasteiger partial charge in [0.25, 0.3) is 0 Å². The van der Waals surface area contributed by atoms with Gasteiger partial charge in [-0.05, 0) is 45.3 Å². The van der Waals surface area contributed by atoms with E-state index in [1.54, 1.807) is 0 Å². The molecule has 0 heterocycles. The Kier molecular flexibility index (Phi) is 18.5. The number of rotatable bonds is 20. The maximum absolute atomic E-state index is 10.8. The number of hydrogen-bond acceptors (Lipinski definition) is 2. The summed E-state index contributed by atoms with van der Waals surface area (Å²) >= 11 is 0. The van der Waals surface area contributed by atoms with Gasteiger partial charge < -0.3 is 14.7 Å². The molecule has 3 N–H and O–H groups in total. The van der Waals surface area contributed by atoms with Crippen LogP contribution in [0.1, 0.15) is 104 Å². The lowest BCUT2D eigenvalue weighted by molar-refractivity contribution is 0.255. The van der Waals surface area contributed by atoms with Crippen LogP contribution in [0.15, 0.2) is 0 Å². The fourth-order valence-corrected chi connectivity index (χ4v) is 3.70. The van der Waals surface area contributed by atoms with Crippen LogP contribution in [0.3, 0.4) is 0 Å². The van der Waals surface area contributed by atoms with E-state index in [1.807, 2.05) is 0 Å². The van der Waals surface area contributed by atoms with Crippen LogP contribution < -0.4 is 5.09 Å². The standard InChI is InChI=1S/C20H45N2O3P/c1-3-5-7-9-11-14-18-22(19-15-12-10-8-6-4-2)20-16-13-17-21-26(23,24)25/h3-20H2,1-2H3,(H3,21,23,24,25). The molecule has 0 saturated carbocycles. The minimum absolute atomic E-state index is 0.395. The Hall–Kier alpha value is 0.0700. The van der Waals surface area contributed by atoms with Crippen LogP contribution >= 0.6 is 7.75 Å². The van der Waals surface area contributed by atoms with Crippen molar-refractivity contribution in [3.05, 3.63) is 0 Å². The highest BCUT2D eigenvalue weighted by atomic mass is 31.2. The maximum atomic E-state index is 10.8. The normalized spacial score (nSPS) is 12.2. The summed E-state index contributed by atoms with van der Waals surface area (Å²) in [7, 11) is -4.06. The van der Waals surface area contributed by atoms with E-state index in [2.05, 4.69) is 23.8 Å². The quantitative estimate of drug-likeness (QED) is 0.189. The second-order valence-electron chi connectivity index (χ2n) is 7.54. The van der Waals surface area contributed by atoms with Crippen molar-refractivity contribution in [1.82, 2.24) is 9.99 Å². The summed E-state index contributed by atoms with van der Waals surface area (Å²) in [5.41, 5.74) is 0. The first-order chi connectivity index (χ1) is 12.5. The lowest BCUT2D eigenvalue weighted by atomic mass is 10.1. The summed E-state index contributed by atoms with van der Waals surface area (Å²) in [5.74, 6) is 0. The zero-order valence-corrected chi connectivity index (χ0v) is 18.3. The fraction of sp³-hybridized carbons (Fsp3) is 1.00. The number of nitrogens with zero attached hydrogens (tertiary/aromatic N) is 1. The predicted molar refractivity (Wildman–Crippen MR) is 112 cm³/mol. The minimum Gasteiger partial charge on any atom is -0.313 e. The van der Waals surface area contributed by atoms with Crippen molar-refractivity contribution in [2.45, 2.75) is 104 Å². The summed E-state index contributed by atoms with van der Waals surface area (Å²) in [5, 5.41) is 2.29. The van der Waals surface area contributed by atoms with Gasteiger partial charge in [0.15, 0.2) is 0 Å². The van der Waals surface area contributed by atoms with Crippen molar-refractivity contribution in [1.29, 1.82) is 0 Å². The molecule has 0 rings (SSSR count). The van der Waals surface area contributed by atoms with Crippen molar-refractivity contribution in [2.75, 3.05) is 26.2 Å². The van der Waals surface area contributed by atoms with Gasteiger partial charge in [0.05, 0.1) is 0 Å². The van der Waals surface area contributed by atoms with Crippen LogP contribution in [0.4, 0.5) is 0 Å². The van der Waals surface area contributed by atoms with Gasteiger partial charge in [0, 0.05) is 6.54 Å². The first kappa shape index (κ1) is 26.1. The van der Waals surface area contributed by atoms with E-state index in [4.69, 9.17) is 9.79 Å². The molecule has 0 saturated heterocycles. The molecule has 158 valence electrons. The smallest absolute Gasteiger partial charge is 0.313 e. The van der Waals surface area contributed by atoms with E-state index in [0.29, 0.717) is 6.54 Å². The van der Waals surface area contributed by atoms with Gasteiger partial charge in [0.1, 0.15) is 0 Å². The summed E-state index contributed by atoms with van der Waals surface area (Å²) in [6.45, 7) is 8.30. The predicted octanol–water partition coefficient (Wildman–Crippen LogP) is 5.47. The molecule has 0 aromatic carbocycles. The largest absolute Gasteiger partial charge is 0.400 e. The molecule has 0 aliphatic rings. The Bertz CT molecular complexity index is 321. The summed E-state index contributed by atoms with van der Waals surface area (Å²) in [6.07, 6.45) is 17.8. The molecule has 0 bridgehead atoms. The van der Waals surface area contributed by atoms with Crippen molar-refractivity contribution in [3.8, 4) is 0 Å². The Morgan fingerprint density at radius 3 is 1.46 bits per heavy atom. The summed E-state index contributed by atoms with van der Waals surface area (Å²) < 4.78 is 10.8. The van der Waals surface area contributed by atoms with Crippen molar-refractivity contribution in [2.24, 2.45) is 0 Å². The van der Waals surface area contributed by atoms with E-state index in [1.165, 1.54) is 90.1 Å². The molecule has 0 fully saturated rings. The van der Waals surface area contributed by atoms with E-state index in [9.17, 15) is 4.57 Å². The first-order valence-corrected chi connectivity index (χ1v) is 12.6. The zero-order chi connectivity index (χ0) is 19.5. The van der Waals surface area contributed by atoms with Crippen LogP contribution in [-0.2, 0) is 4.57 Å². The van der Waals surface area contributed by atoms with Gasteiger partial charge in [-0.25, -0.2) is 9.65 Å². The second kappa shape index (κ2) is 18.4. The molecule has 0 aromatic rings. The third-order valence-corrected chi connectivity index (χ3v) is 5.51. The molecule has 26 heavy (non-hydrogen) atoms. The molecular formula is C20H45N2O3P. The van der Waals surface area contributed by atoms with E-state index in [0.717, 1.165) is 19.4 Å². The molecule has 0 atom stereocenters. The lowest BCUT2D eigenvalue weighted by Gasteiger charge is -2.22. The highest BCUT2D eigenvalue weighted by Gasteiger charge is 2.10. The lowest BCUT2D eigenvalue weighted by Crippen LogP contribution is -2.28. The highest BCUT2D eigenvalue weighted by molar-refractivity contribution is 7.49. The molecule has 6 heteroatoms. The van der Waals surface area contributed by atoms with Crippen LogP contribution in [0, 0.1) is 0 Å². The van der Waals surface area contributed by atoms with Gasteiger partial charge in [-0.2, -0.15) is 0 Å². The molecule has 0 radical (unpaired) electrons. The summed E-state index contributed by atoms with van der Waals surface area (Å²) in [4.78, 5) is 20.2. The molecular weight excluding hydrogens is 347 g/mol. The van der Waals surface area contributed by atoms with Gasteiger partial charge >= 0.3 is 7.75 Å². The molecule has 0 aliphatic carbocycles. The summed E-state index contributed by atoms with van der Waals surface area (Å²) in [6, 6.07) is 0. The molecule has 5 nitrogen and oxygen atoms in total. The van der Waals surface area contributed by atoms with Crippen LogP contribution in [0.5, 0.6) is 0 Å². The third kappa shape index (κ3) is 20.4. The molecule has 0 aromatic heterocycles. The van der Waals surface area contributed by atoms with Crippen LogP contribution in [0.2, 0.25) is 0 Å². The molecule has 0 aliphatic heterocycles. The van der Waals surface area contributed by atoms with Gasteiger partial charge in [-0.1, -0.05) is 78.1 Å². The van der Waals surface area contributed by atoms with Crippen molar-refractivity contribution >= 4 is 7.75 Å². The second-order valence-corrected chi connectivity index (χ2v) is 8.94. The average molecular weight is 393 g/mol. The van der Waals surface area contributed by atoms with Crippen molar-refractivity contribution < 1.29 is 14.4 Å². The Labute approximate surface area is 162 Å². The number of hydrogen-bond donors (Lipinski definition) is 3. The maximum Gasteiger partial charge on any atom is 0.400 e. The number of nitrogens with one attached hydrogen (secondary N) is 1. The molecule has 0 unspecified atom stereocenters. The minimum atomic E-state index is -4.06. The van der Waals surface area contributed by atoms with Gasteiger partial charge in [-0.15, -0.1) is 0 Å². The Balaban J connectivity index is 3.89. The number of unbranched alkanes of at least 4 members (excludes halogenated alkanes) is 11. The molecule has 0 amide bonds. The van der Waals surface area contributed by atoms with E-state index >= 15 is 0 Å². The average Bonchev–Trinajstić information content (AvgIpc) is 2.58. The van der Waals surface area contributed by atoms with Crippen molar-refractivity contribution in [3.63, 3.8) is 0 Å². The van der Waals surface area contributed by atoms with E-state index < -0.39 is 7.75 Å². The topological polar surface area (TPSA) is 72.8 Å². The molecule has 0 spiro atoms. The van der Waals surface area contributed by atoms with Gasteiger partial charge in [0.2, 0.25) is 0 Å². The Morgan fingerprint density at radius 2 is 1.04 bits per heavy atom. The SMILES string of the molecule is CCCCCCCCN(CCCCCCCC)CCCCNP(=O)(O)O. The highest BCUT2D eigenvalue weighted by Crippen LogP contribution is 2.27. The van der Waals surface area contributed by atoms with E-state index in [-0.39, 0.29) is 0 Å². The fourth-order valence-electron chi connectivity index (χ4n) is 3.25. The van der Waals surface area contributed by atoms with Crippen LogP contribution in [0.25, 0.3) is 0 Å². The zero-order valence-electron chi connectivity index (χ0n) is 17.4. The third-order valence-electron chi connectivity index (χ3n) is 4.87. The Morgan fingerprint density at radius 1 is 0.654 bits per heavy atom. The van der Waals surface area contributed by atoms with Crippen LogP contribution in [-0.4, -0.2) is 40.9 Å². The first-order valence-electron chi connectivity index (χ1n) is 11.0. The monoisotopic (exact) mass is 392 g/mol. The van der Waals surface area contributed by atoms with Gasteiger partial charge in [-0.3, -0.25) is 0 Å².